The van der Waals surface area contributed by atoms with Gasteiger partial charge in [0.2, 0.25) is 0 Å². The van der Waals surface area contributed by atoms with Gasteiger partial charge in [0, 0.05) is 33.6 Å². The molecule has 0 amide bonds. The van der Waals surface area contributed by atoms with Crippen LogP contribution in [0.1, 0.15) is 16.7 Å². The minimum absolute atomic E-state index is 0. The third kappa shape index (κ3) is 5.76. The van der Waals surface area contributed by atoms with Gasteiger partial charge in [0.25, 0.3) is 0 Å². The minimum atomic E-state index is 0. The summed E-state index contributed by atoms with van der Waals surface area (Å²) >= 11 is 0. The smallest absolute Gasteiger partial charge is 0.193 e. The Hall–Kier alpha value is -1.96. The highest BCUT2D eigenvalue weighted by atomic mass is 127. The summed E-state index contributed by atoms with van der Waals surface area (Å²) in [6.07, 6.45) is 1.98. The molecule has 0 spiro atoms. The molecule has 27 heavy (non-hydrogen) atoms. The molecule has 0 aliphatic carbocycles. The molecule has 1 aliphatic heterocycles. The van der Waals surface area contributed by atoms with Crippen LogP contribution in [0.5, 0.6) is 11.5 Å². The predicted molar refractivity (Wildman–Crippen MR) is 121 cm³/mol. The van der Waals surface area contributed by atoms with Crippen molar-refractivity contribution in [2.24, 2.45) is 4.99 Å². The first-order valence-electron chi connectivity index (χ1n) is 8.99. The molecular formula is C21H28IN3O2. The molecule has 1 aliphatic rings. The molecule has 0 unspecified atom stereocenters. The van der Waals surface area contributed by atoms with Gasteiger partial charge in [0.05, 0.1) is 13.7 Å². The topological polar surface area (TPSA) is 46.1 Å². The maximum Gasteiger partial charge on any atom is 0.193 e. The quantitative estimate of drug-likeness (QED) is 0.390. The highest BCUT2D eigenvalue weighted by molar-refractivity contribution is 14.0. The molecule has 5 nitrogen and oxygen atoms in total. The normalized spacial score (nSPS) is 12.6. The van der Waals surface area contributed by atoms with Crippen LogP contribution in [0.4, 0.5) is 0 Å². The van der Waals surface area contributed by atoms with Gasteiger partial charge in [-0.05, 0) is 41.3 Å². The lowest BCUT2D eigenvalue weighted by molar-refractivity contribution is 0.357. The SMILES string of the molecule is CN=C(NCCc1ccc2c(c1)CCO2)N(C)Cc1ccc(OC)cc1.I. The van der Waals surface area contributed by atoms with Crippen molar-refractivity contribution in [3.8, 4) is 11.5 Å². The average Bonchev–Trinajstić information content (AvgIpc) is 3.13. The van der Waals surface area contributed by atoms with Crippen LogP contribution in [0, 0.1) is 0 Å². The molecule has 0 saturated carbocycles. The molecule has 1 heterocycles. The fraction of sp³-hybridized carbons (Fsp3) is 0.381. The second-order valence-electron chi connectivity index (χ2n) is 6.47. The summed E-state index contributed by atoms with van der Waals surface area (Å²) in [4.78, 5) is 6.52. The fourth-order valence-electron chi connectivity index (χ4n) is 3.18. The second-order valence-corrected chi connectivity index (χ2v) is 6.47. The summed E-state index contributed by atoms with van der Waals surface area (Å²) in [7, 11) is 5.55. The number of ether oxygens (including phenoxy) is 2. The molecule has 0 atom stereocenters. The van der Waals surface area contributed by atoms with Crippen molar-refractivity contribution in [1.82, 2.24) is 10.2 Å². The molecule has 0 radical (unpaired) electrons. The number of nitrogens with zero attached hydrogens (tertiary/aromatic N) is 2. The molecule has 1 N–H and O–H groups in total. The summed E-state index contributed by atoms with van der Waals surface area (Å²) in [6, 6.07) is 14.6. The molecule has 0 bridgehead atoms. The third-order valence-electron chi connectivity index (χ3n) is 4.60. The molecule has 0 aromatic heterocycles. The van der Waals surface area contributed by atoms with Gasteiger partial charge in [-0.2, -0.15) is 0 Å². The van der Waals surface area contributed by atoms with E-state index in [1.165, 1.54) is 16.7 Å². The van der Waals surface area contributed by atoms with E-state index in [0.717, 1.165) is 50.0 Å². The number of rotatable bonds is 6. The van der Waals surface area contributed by atoms with E-state index in [1.54, 1.807) is 7.11 Å². The Labute approximate surface area is 178 Å². The van der Waals surface area contributed by atoms with Gasteiger partial charge < -0.3 is 19.7 Å². The maximum absolute atomic E-state index is 5.57. The van der Waals surface area contributed by atoms with Crippen LogP contribution in [0.15, 0.2) is 47.5 Å². The summed E-state index contributed by atoms with van der Waals surface area (Å²) in [5.41, 5.74) is 3.87. The zero-order valence-corrected chi connectivity index (χ0v) is 18.5. The maximum atomic E-state index is 5.57. The molecule has 6 heteroatoms. The van der Waals surface area contributed by atoms with Gasteiger partial charge in [-0.25, -0.2) is 0 Å². The predicted octanol–water partition coefficient (Wildman–Crippen LogP) is 3.50. The molecule has 0 saturated heterocycles. The second kappa shape index (κ2) is 10.4. The Kier molecular flexibility index (Phi) is 8.22. The number of nitrogens with one attached hydrogen (secondary N) is 1. The lowest BCUT2D eigenvalue weighted by Crippen LogP contribution is -2.39. The van der Waals surface area contributed by atoms with E-state index in [9.17, 15) is 0 Å². The van der Waals surface area contributed by atoms with Crippen molar-refractivity contribution in [2.45, 2.75) is 19.4 Å². The summed E-state index contributed by atoms with van der Waals surface area (Å²) in [6.45, 7) is 2.44. The van der Waals surface area contributed by atoms with Gasteiger partial charge >= 0.3 is 0 Å². The van der Waals surface area contributed by atoms with Crippen LogP contribution in [0.25, 0.3) is 0 Å². The highest BCUT2D eigenvalue weighted by Crippen LogP contribution is 2.25. The van der Waals surface area contributed by atoms with E-state index in [0.29, 0.717) is 0 Å². The number of benzene rings is 2. The minimum Gasteiger partial charge on any atom is -0.497 e. The number of hydrogen-bond acceptors (Lipinski definition) is 3. The van der Waals surface area contributed by atoms with Gasteiger partial charge in [-0.15, -0.1) is 24.0 Å². The number of methoxy groups -OCH3 is 1. The first-order valence-corrected chi connectivity index (χ1v) is 8.99. The summed E-state index contributed by atoms with van der Waals surface area (Å²) < 4.78 is 10.8. The monoisotopic (exact) mass is 481 g/mol. The largest absolute Gasteiger partial charge is 0.497 e. The molecule has 2 aromatic rings. The van der Waals surface area contributed by atoms with Crippen molar-refractivity contribution >= 4 is 29.9 Å². The van der Waals surface area contributed by atoms with Crippen LogP contribution in [0.3, 0.4) is 0 Å². The molecule has 146 valence electrons. The van der Waals surface area contributed by atoms with Crippen molar-refractivity contribution in [3.63, 3.8) is 0 Å². The highest BCUT2D eigenvalue weighted by Gasteiger charge is 2.12. The van der Waals surface area contributed by atoms with Crippen LogP contribution in [-0.4, -0.2) is 45.2 Å². The van der Waals surface area contributed by atoms with Crippen molar-refractivity contribution in [3.05, 3.63) is 59.2 Å². The number of guanidine groups is 1. The van der Waals surface area contributed by atoms with E-state index in [-0.39, 0.29) is 24.0 Å². The summed E-state index contributed by atoms with van der Waals surface area (Å²) in [5, 5.41) is 3.45. The van der Waals surface area contributed by atoms with Crippen molar-refractivity contribution in [2.75, 3.05) is 34.4 Å². The van der Waals surface area contributed by atoms with Crippen molar-refractivity contribution < 1.29 is 9.47 Å². The summed E-state index contributed by atoms with van der Waals surface area (Å²) in [5.74, 6) is 2.81. The number of halogens is 1. The van der Waals surface area contributed by atoms with Gasteiger partial charge in [0.15, 0.2) is 5.96 Å². The average molecular weight is 481 g/mol. The Morgan fingerprint density at radius 3 is 2.63 bits per heavy atom. The fourth-order valence-corrected chi connectivity index (χ4v) is 3.18. The molecule has 3 rings (SSSR count). The van der Waals surface area contributed by atoms with Crippen LogP contribution < -0.4 is 14.8 Å². The van der Waals surface area contributed by atoms with E-state index < -0.39 is 0 Å². The molecule has 2 aromatic carbocycles. The van der Waals surface area contributed by atoms with Gasteiger partial charge in [-0.1, -0.05) is 24.3 Å². The van der Waals surface area contributed by atoms with Crippen molar-refractivity contribution in [1.29, 1.82) is 0 Å². The standard InChI is InChI=1S/C21H27N3O2.HI/c1-22-21(24(2)15-17-4-7-19(25-3)8-5-17)23-12-10-16-6-9-20-18(14-16)11-13-26-20;/h4-9,14H,10-13,15H2,1-3H3,(H,22,23);1H. The zero-order chi connectivity index (χ0) is 18.4. The first-order chi connectivity index (χ1) is 12.7. The molecule has 0 fully saturated rings. The van der Waals surface area contributed by atoms with E-state index >= 15 is 0 Å². The van der Waals surface area contributed by atoms with E-state index in [2.05, 4.69) is 45.5 Å². The van der Waals surface area contributed by atoms with E-state index in [1.807, 2.05) is 26.2 Å². The Morgan fingerprint density at radius 1 is 1.19 bits per heavy atom. The van der Waals surface area contributed by atoms with Gasteiger partial charge in [-0.3, -0.25) is 4.99 Å². The lowest BCUT2D eigenvalue weighted by Gasteiger charge is -2.22. The lowest BCUT2D eigenvalue weighted by atomic mass is 10.1. The zero-order valence-electron chi connectivity index (χ0n) is 16.2. The van der Waals surface area contributed by atoms with Crippen LogP contribution >= 0.6 is 24.0 Å². The third-order valence-corrected chi connectivity index (χ3v) is 4.60. The Bertz CT molecular complexity index is 763. The first kappa shape index (κ1) is 21.3. The van der Waals surface area contributed by atoms with Gasteiger partial charge in [0.1, 0.15) is 11.5 Å². The Morgan fingerprint density at radius 2 is 1.93 bits per heavy atom. The number of fused-ring (bicyclic) bond motifs is 1. The Balaban J connectivity index is 0.00000261. The number of aliphatic imine (C=N–C) groups is 1. The van der Waals surface area contributed by atoms with Crippen LogP contribution in [-0.2, 0) is 19.4 Å². The van der Waals surface area contributed by atoms with E-state index in [4.69, 9.17) is 9.47 Å². The number of hydrogen-bond donors (Lipinski definition) is 1. The molecular weight excluding hydrogens is 453 g/mol. The van der Waals surface area contributed by atoms with Crippen LogP contribution in [0.2, 0.25) is 0 Å².